The Bertz CT molecular complexity index is 1240. The molecule has 0 radical (unpaired) electrons. The lowest BCUT2D eigenvalue weighted by atomic mass is 10.2. The molecule has 1 heterocycles. The highest BCUT2D eigenvalue weighted by Gasteiger charge is 2.18. The largest absolute Gasteiger partial charge is 0.314 e. The first-order valence-electron chi connectivity index (χ1n) is 8.75. The molecule has 1 aromatic heterocycles. The molecule has 10 heteroatoms. The van der Waals surface area contributed by atoms with Gasteiger partial charge in [0.1, 0.15) is 5.82 Å². The zero-order chi connectivity index (χ0) is 21.3. The Balaban J connectivity index is 2.06. The molecule has 0 spiro atoms. The van der Waals surface area contributed by atoms with Crippen LogP contribution in [0, 0.1) is 11.6 Å². The van der Waals surface area contributed by atoms with E-state index >= 15 is 0 Å². The third-order valence-electron chi connectivity index (χ3n) is 4.22. The van der Waals surface area contributed by atoms with Crippen molar-refractivity contribution in [3.05, 3.63) is 58.4 Å². The summed E-state index contributed by atoms with van der Waals surface area (Å²) in [6.45, 7) is 2.31. The second-order valence-corrected chi connectivity index (χ2v) is 9.66. The number of sulfonamides is 1. The SMILES string of the molecule is CCCn1c(=NC(=O)c2ccc(S(=O)(=O)N(C)C)cc2)sc2cc(F)cc(F)c21. The third kappa shape index (κ3) is 4.14. The molecule has 29 heavy (non-hydrogen) atoms. The fourth-order valence-corrected chi connectivity index (χ4v) is 4.77. The number of amides is 1. The van der Waals surface area contributed by atoms with Crippen LogP contribution in [0.5, 0.6) is 0 Å². The molecule has 2 aromatic carbocycles. The quantitative estimate of drug-likeness (QED) is 0.612. The van der Waals surface area contributed by atoms with E-state index in [2.05, 4.69) is 4.99 Å². The van der Waals surface area contributed by atoms with Gasteiger partial charge in [-0.05, 0) is 36.8 Å². The zero-order valence-corrected chi connectivity index (χ0v) is 17.7. The Morgan fingerprint density at radius 3 is 2.41 bits per heavy atom. The second kappa shape index (κ2) is 8.13. The molecule has 0 saturated heterocycles. The number of aryl methyl sites for hydroxylation is 1. The summed E-state index contributed by atoms with van der Waals surface area (Å²) in [5.41, 5.74) is 0.395. The summed E-state index contributed by atoms with van der Waals surface area (Å²) in [5.74, 6) is -2.01. The maximum absolute atomic E-state index is 14.3. The number of carbonyl (C=O) groups excluding carboxylic acids is 1. The number of thiazole rings is 1. The lowest BCUT2D eigenvalue weighted by Gasteiger charge is -2.11. The highest BCUT2D eigenvalue weighted by molar-refractivity contribution is 7.89. The molecular formula is C19H19F2N3O3S2. The van der Waals surface area contributed by atoms with Crippen molar-refractivity contribution in [1.29, 1.82) is 0 Å². The smallest absolute Gasteiger partial charge is 0.279 e. The van der Waals surface area contributed by atoms with Crippen LogP contribution in [0.25, 0.3) is 10.2 Å². The minimum atomic E-state index is -3.61. The Kier molecular flexibility index (Phi) is 5.97. The molecule has 0 atom stereocenters. The van der Waals surface area contributed by atoms with Crippen LogP contribution in [0.4, 0.5) is 8.78 Å². The molecular weight excluding hydrogens is 420 g/mol. The molecule has 0 aliphatic rings. The number of fused-ring (bicyclic) bond motifs is 1. The topological polar surface area (TPSA) is 71.7 Å². The molecule has 6 nitrogen and oxygen atoms in total. The van der Waals surface area contributed by atoms with Gasteiger partial charge in [-0.1, -0.05) is 18.3 Å². The summed E-state index contributed by atoms with van der Waals surface area (Å²) in [7, 11) is -0.774. The molecule has 0 bridgehead atoms. The summed E-state index contributed by atoms with van der Waals surface area (Å²) >= 11 is 1.02. The minimum absolute atomic E-state index is 0.0551. The van der Waals surface area contributed by atoms with E-state index in [1.807, 2.05) is 6.92 Å². The van der Waals surface area contributed by atoms with Gasteiger partial charge >= 0.3 is 0 Å². The fourth-order valence-electron chi connectivity index (χ4n) is 2.78. The van der Waals surface area contributed by atoms with E-state index in [-0.39, 0.29) is 20.8 Å². The number of hydrogen-bond donors (Lipinski definition) is 0. The van der Waals surface area contributed by atoms with E-state index in [1.54, 1.807) is 4.57 Å². The number of aromatic nitrogens is 1. The van der Waals surface area contributed by atoms with E-state index in [4.69, 9.17) is 0 Å². The van der Waals surface area contributed by atoms with Crippen molar-refractivity contribution in [2.24, 2.45) is 4.99 Å². The van der Waals surface area contributed by atoms with Gasteiger partial charge < -0.3 is 4.57 Å². The number of hydrogen-bond acceptors (Lipinski definition) is 4. The van der Waals surface area contributed by atoms with E-state index in [9.17, 15) is 22.0 Å². The Morgan fingerprint density at radius 1 is 1.17 bits per heavy atom. The Labute approximate surface area is 170 Å². The van der Waals surface area contributed by atoms with Crippen LogP contribution in [0.2, 0.25) is 0 Å². The Hall–Kier alpha value is -2.43. The third-order valence-corrected chi connectivity index (χ3v) is 7.07. The predicted molar refractivity (Wildman–Crippen MR) is 107 cm³/mol. The van der Waals surface area contributed by atoms with Crippen LogP contribution in [-0.4, -0.2) is 37.3 Å². The highest BCUT2D eigenvalue weighted by atomic mass is 32.2. The summed E-state index contributed by atoms with van der Waals surface area (Å²) in [5, 5.41) is 0. The standard InChI is InChI=1S/C19H19F2N3O3S2/c1-4-9-24-17-15(21)10-13(20)11-16(17)28-19(24)22-18(25)12-5-7-14(8-6-12)29(26,27)23(2)3/h5-8,10-11H,4,9H2,1-3H3. The van der Waals surface area contributed by atoms with Gasteiger partial charge in [-0.3, -0.25) is 4.79 Å². The van der Waals surface area contributed by atoms with Crippen molar-refractivity contribution in [3.8, 4) is 0 Å². The van der Waals surface area contributed by atoms with Crippen LogP contribution >= 0.6 is 11.3 Å². The van der Waals surface area contributed by atoms with Crippen LogP contribution < -0.4 is 4.80 Å². The van der Waals surface area contributed by atoms with Gasteiger partial charge in [0.15, 0.2) is 10.6 Å². The van der Waals surface area contributed by atoms with Gasteiger partial charge in [-0.15, -0.1) is 0 Å². The molecule has 0 aliphatic heterocycles. The van der Waals surface area contributed by atoms with Gasteiger partial charge in [-0.25, -0.2) is 21.5 Å². The summed E-state index contributed by atoms with van der Waals surface area (Å²) in [4.78, 5) is 17.0. The van der Waals surface area contributed by atoms with Gasteiger partial charge in [-0.2, -0.15) is 4.99 Å². The molecule has 0 unspecified atom stereocenters. The van der Waals surface area contributed by atoms with Crippen molar-refractivity contribution >= 4 is 37.5 Å². The maximum Gasteiger partial charge on any atom is 0.279 e. The van der Waals surface area contributed by atoms with E-state index in [0.717, 1.165) is 21.7 Å². The molecule has 3 aromatic rings. The number of benzene rings is 2. The minimum Gasteiger partial charge on any atom is -0.314 e. The molecule has 0 N–H and O–H groups in total. The van der Waals surface area contributed by atoms with Crippen LogP contribution in [-0.2, 0) is 16.6 Å². The molecule has 3 rings (SSSR count). The molecule has 0 aliphatic carbocycles. The summed E-state index contributed by atoms with van der Waals surface area (Å²) in [6.07, 6.45) is 0.668. The second-order valence-electron chi connectivity index (χ2n) is 6.50. The average Bonchev–Trinajstić information content (AvgIpc) is 2.99. The van der Waals surface area contributed by atoms with Crippen molar-refractivity contribution in [3.63, 3.8) is 0 Å². The number of carbonyl (C=O) groups is 1. The van der Waals surface area contributed by atoms with Gasteiger partial charge in [0.25, 0.3) is 5.91 Å². The van der Waals surface area contributed by atoms with Crippen molar-refractivity contribution in [1.82, 2.24) is 8.87 Å². The highest BCUT2D eigenvalue weighted by Crippen LogP contribution is 2.23. The number of rotatable bonds is 5. The first-order chi connectivity index (χ1) is 13.6. The zero-order valence-electron chi connectivity index (χ0n) is 16.0. The number of halogens is 2. The van der Waals surface area contributed by atoms with Crippen LogP contribution in [0.1, 0.15) is 23.7 Å². The molecule has 154 valence electrons. The van der Waals surface area contributed by atoms with Gasteiger partial charge in [0, 0.05) is 32.3 Å². The van der Waals surface area contributed by atoms with E-state index in [0.29, 0.717) is 17.7 Å². The molecule has 0 saturated carbocycles. The van der Waals surface area contributed by atoms with Gasteiger partial charge in [0.05, 0.1) is 15.1 Å². The first kappa shape index (κ1) is 21.3. The van der Waals surface area contributed by atoms with Crippen molar-refractivity contribution in [2.45, 2.75) is 24.8 Å². The summed E-state index contributed by atoms with van der Waals surface area (Å²) < 4.78 is 55.1. The molecule has 0 fully saturated rings. The van der Waals surface area contributed by atoms with Crippen LogP contribution in [0.3, 0.4) is 0 Å². The van der Waals surface area contributed by atoms with E-state index in [1.165, 1.54) is 44.4 Å². The van der Waals surface area contributed by atoms with E-state index < -0.39 is 27.6 Å². The first-order valence-corrected chi connectivity index (χ1v) is 11.0. The van der Waals surface area contributed by atoms with Crippen molar-refractivity contribution in [2.75, 3.05) is 14.1 Å². The predicted octanol–water partition coefficient (Wildman–Crippen LogP) is 3.38. The number of nitrogens with zero attached hydrogens (tertiary/aromatic N) is 3. The fraction of sp³-hybridized carbons (Fsp3) is 0.263. The van der Waals surface area contributed by atoms with Gasteiger partial charge in [0.2, 0.25) is 10.0 Å². The summed E-state index contributed by atoms with van der Waals surface area (Å²) in [6, 6.07) is 7.42. The van der Waals surface area contributed by atoms with Crippen molar-refractivity contribution < 1.29 is 22.0 Å². The average molecular weight is 440 g/mol. The Morgan fingerprint density at radius 2 is 1.83 bits per heavy atom. The lowest BCUT2D eigenvalue weighted by molar-refractivity contribution is 0.0997. The monoisotopic (exact) mass is 439 g/mol. The maximum atomic E-state index is 14.3. The normalized spacial score (nSPS) is 12.8. The van der Waals surface area contributed by atoms with Crippen LogP contribution in [0.15, 0.2) is 46.3 Å². The molecule has 1 amide bonds. The lowest BCUT2D eigenvalue weighted by Crippen LogP contribution is -2.22.